The molecule has 19 heavy (non-hydrogen) atoms. The molecular formula is C17H29NO. The summed E-state index contributed by atoms with van der Waals surface area (Å²) in [7, 11) is 0. The Hall–Kier alpha value is -0.0800. The molecule has 0 amide bonds. The summed E-state index contributed by atoms with van der Waals surface area (Å²) >= 11 is 0. The zero-order valence-electron chi connectivity index (χ0n) is 12.2. The van der Waals surface area contributed by atoms with Gasteiger partial charge in [0.1, 0.15) is 0 Å². The van der Waals surface area contributed by atoms with E-state index in [1.165, 1.54) is 64.2 Å². The van der Waals surface area contributed by atoms with Crippen LogP contribution in [0.5, 0.6) is 0 Å². The van der Waals surface area contributed by atoms with Crippen LogP contribution < -0.4 is 5.73 Å². The van der Waals surface area contributed by atoms with Crippen molar-refractivity contribution in [3.63, 3.8) is 0 Å². The van der Waals surface area contributed by atoms with Crippen LogP contribution >= 0.6 is 0 Å². The molecule has 2 heteroatoms. The second-order valence-corrected chi connectivity index (χ2v) is 7.97. The number of rotatable bonds is 3. The quantitative estimate of drug-likeness (QED) is 0.846. The molecule has 1 saturated heterocycles. The van der Waals surface area contributed by atoms with Gasteiger partial charge in [-0.05, 0) is 81.5 Å². The first-order chi connectivity index (χ1) is 9.24. The Morgan fingerprint density at radius 2 is 2.05 bits per heavy atom. The average Bonchev–Trinajstić information content (AvgIpc) is 2.99. The van der Waals surface area contributed by atoms with Gasteiger partial charge in [0.15, 0.2) is 0 Å². The van der Waals surface area contributed by atoms with E-state index in [0.717, 1.165) is 30.3 Å². The normalized spacial score (nSPS) is 45.3. The number of hydrogen-bond donors (Lipinski definition) is 1. The molecule has 0 aromatic rings. The minimum atomic E-state index is 0.273. The molecule has 2 N–H and O–H groups in total. The van der Waals surface area contributed by atoms with E-state index < -0.39 is 0 Å². The molecule has 3 saturated carbocycles. The Labute approximate surface area is 117 Å². The van der Waals surface area contributed by atoms with Crippen molar-refractivity contribution in [1.82, 2.24) is 0 Å². The van der Waals surface area contributed by atoms with Crippen LogP contribution in [-0.2, 0) is 4.74 Å². The lowest BCUT2D eigenvalue weighted by Crippen LogP contribution is -2.49. The summed E-state index contributed by atoms with van der Waals surface area (Å²) in [5.74, 6) is 3.81. The van der Waals surface area contributed by atoms with Gasteiger partial charge in [-0.1, -0.05) is 6.42 Å². The van der Waals surface area contributed by atoms with E-state index in [9.17, 15) is 0 Å². The molecule has 0 aromatic heterocycles. The highest BCUT2D eigenvalue weighted by molar-refractivity contribution is 4.98. The maximum absolute atomic E-state index is 6.60. The van der Waals surface area contributed by atoms with Gasteiger partial charge in [-0.15, -0.1) is 0 Å². The molecule has 4 fully saturated rings. The fourth-order valence-corrected chi connectivity index (χ4v) is 5.56. The third-order valence-corrected chi connectivity index (χ3v) is 6.86. The molecule has 0 aromatic carbocycles. The second kappa shape index (κ2) is 4.73. The van der Waals surface area contributed by atoms with E-state index in [1.54, 1.807) is 0 Å². The summed E-state index contributed by atoms with van der Waals surface area (Å²) in [4.78, 5) is 0. The summed E-state index contributed by atoms with van der Waals surface area (Å²) in [5, 5.41) is 0. The Morgan fingerprint density at radius 3 is 2.68 bits per heavy atom. The Morgan fingerprint density at radius 1 is 1.16 bits per heavy atom. The van der Waals surface area contributed by atoms with Gasteiger partial charge in [0.05, 0.1) is 5.60 Å². The maximum atomic E-state index is 6.60. The van der Waals surface area contributed by atoms with Crippen molar-refractivity contribution >= 4 is 0 Å². The minimum absolute atomic E-state index is 0.273. The SMILES string of the molecule is NC(CC1CC2CCC1C2)C1CCOC2(CCC2)C1. The standard InChI is InChI=1S/C17H29NO/c18-16(10-15-9-12-2-3-13(15)8-12)14-4-7-19-17(11-14)5-1-6-17/h12-16H,1-11,18H2. The van der Waals surface area contributed by atoms with E-state index in [-0.39, 0.29) is 5.60 Å². The van der Waals surface area contributed by atoms with Crippen molar-refractivity contribution in [1.29, 1.82) is 0 Å². The smallest absolute Gasteiger partial charge is 0.0685 e. The van der Waals surface area contributed by atoms with Gasteiger partial charge >= 0.3 is 0 Å². The lowest BCUT2D eigenvalue weighted by atomic mass is 9.69. The molecule has 3 aliphatic carbocycles. The van der Waals surface area contributed by atoms with Crippen molar-refractivity contribution in [2.45, 2.75) is 75.9 Å². The minimum Gasteiger partial charge on any atom is -0.375 e. The first-order valence-corrected chi connectivity index (χ1v) is 8.64. The first-order valence-electron chi connectivity index (χ1n) is 8.64. The Balaban J connectivity index is 1.34. The molecule has 0 radical (unpaired) electrons. The number of nitrogens with two attached hydrogens (primary N) is 1. The maximum Gasteiger partial charge on any atom is 0.0685 e. The molecular weight excluding hydrogens is 234 g/mol. The van der Waals surface area contributed by atoms with Gasteiger partial charge in [-0.25, -0.2) is 0 Å². The lowest BCUT2D eigenvalue weighted by molar-refractivity contribution is -0.146. The highest BCUT2D eigenvalue weighted by Crippen LogP contribution is 2.51. The topological polar surface area (TPSA) is 35.2 Å². The zero-order chi connectivity index (χ0) is 12.9. The number of fused-ring (bicyclic) bond motifs is 2. The van der Waals surface area contributed by atoms with Crippen LogP contribution in [0.15, 0.2) is 0 Å². The predicted octanol–water partition coefficient (Wildman–Crippen LogP) is 3.49. The molecule has 1 spiro atoms. The van der Waals surface area contributed by atoms with Gasteiger partial charge in [0.25, 0.3) is 0 Å². The number of hydrogen-bond acceptors (Lipinski definition) is 2. The third-order valence-electron chi connectivity index (χ3n) is 6.86. The molecule has 1 aliphatic heterocycles. The summed E-state index contributed by atoms with van der Waals surface area (Å²) in [6.45, 7) is 0.967. The summed E-state index contributed by atoms with van der Waals surface area (Å²) in [6, 6.07) is 0.450. The zero-order valence-corrected chi connectivity index (χ0v) is 12.2. The average molecular weight is 263 g/mol. The van der Waals surface area contributed by atoms with Gasteiger partial charge in [0, 0.05) is 12.6 Å². The van der Waals surface area contributed by atoms with E-state index >= 15 is 0 Å². The molecule has 108 valence electrons. The Kier molecular flexibility index (Phi) is 3.15. The fraction of sp³-hybridized carbons (Fsp3) is 1.00. The van der Waals surface area contributed by atoms with E-state index in [1.807, 2.05) is 0 Å². The van der Waals surface area contributed by atoms with Crippen LogP contribution in [0.25, 0.3) is 0 Å². The summed E-state index contributed by atoms with van der Waals surface area (Å²) in [6.07, 6.45) is 13.8. The predicted molar refractivity (Wildman–Crippen MR) is 76.8 cm³/mol. The molecule has 4 rings (SSSR count). The van der Waals surface area contributed by atoms with Crippen molar-refractivity contribution < 1.29 is 4.74 Å². The van der Waals surface area contributed by atoms with Crippen LogP contribution in [0.3, 0.4) is 0 Å². The molecule has 5 unspecified atom stereocenters. The van der Waals surface area contributed by atoms with Crippen LogP contribution in [0, 0.1) is 23.7 Å². The molecule has 1 heterocycles. The highest BCUT2D eigenvalue weighted by Gasteiger charge is 2.45. The van der Waals surface area contributed by atoms with Gasteiger partial charge in [-0.3, -0.25) is 0 Å². The third kappa shape index (κ3) is 2.25. The lowest BCUT2D eigenvalue weighted by Gasteiger charge is -2.48. The van der Waals surface area contributed by atoms with Crippen LogP contribution in [0.2, 0.25) is 0 Å². The first kappa shape index (κ1) is 12.6. The highest BCUT2D eigenvalue weighted by atomic mass is 16.5. The molecule has 2 bridgehead atoms. The number of ether oxygens (including phenoxy) is 1. The van der Waals surface area contributed by atoms with E-state index in [4.69, 9.17) is 10.5 Å². The van der Waals surface area contributed by atoms with Crippen LogP contribution in [0.1, 0.15) is 64.2 Å². The van der Waals surface area contributed by atoms with Crippen LogP contribution in [0.4, 0.5) is 0 Å². The van der Waals surface area contributed by atoms with Gasteiger partial charge in [-0.2, -0.15) is 0 Å². The van der Waals surface area contributed by atoms with Crippen molar-refractivity contribution in [2.24, 2.45) is 29.4 Å². The van der Waals surface area contributed by atoms with Gasteiger partial charge in [0.2, 0.25) is 0 Å². The van der Waals surface area contributed by atoms with E-state index in [0.29, 0.717) is 6.04 Å². The molecule has 2 nitrogen and oxygen atoms in total. The second-order valence-electron chi connectivity index (χ2n) is 7.97. The van der Waals surface area contributed by atoms with Crippen molar-refractivity contribution in [2.75, 3.05) is 6.61 Å². The van der Waals surface area contributed by atoms with E-state index in [2.05, 4.69) is 0 Å². The Bertz CT molecular complexity index is 338. The fourth-order valence-electron chi connectivity index (χ4n) is 5.56. The van der Waals surface area contributed by atoms with Crippen LogP contribution in [-0.4, -0.2) is 18.2 Å². The van der Waals surface area contributed by atoms with Gasteiger partial charge < -0.3 is 10.5 Å². The molecule has 5 atom stereocenters. The summed E-state index contributed by atoms with van der Waals surface area (Å²) < 4.78 is 6.05. The summed E-state index contributed by atoms with van der Waals surface area (Å²) in [5.41, 5.74) is 6.88. The van der Waals surface area contributed by atoms with Crippen molar-refractivity contribution in [3.8, 4) is 0 Å². The molecule has 4 aliphatic rings. The van der Waals surface area contributed by atoms with Crippen molar-refractivity contribution in [3.05, 3.63) is 0 Å². The monoisotopic (exact) mass is 263 g/mol. The largest absolute Gasteiger partial charge is 0.375 e.